The van der Waals surface area contributed by atoms with E-state index >= 15 is 0 Å². The van der Waals surface area contributed by atoms with Crippen molar-refractivity contribution in [3.05, 3.63) is 106 Å². The zero-order chi connectivity index (χ0) is 27.7. The summed E-state index contributed by atoms with van der Waals surface area (Å²) in [4.78, 5) is 18.1. The molecule has 11 heteroatoms. The Kier molecular flexibility index (Phi) is 7.06. The molecule has 0 aliphatic rings. The Labute approximate surface area is 211 Å². The summed E-state index contributed by atoms with van der Waals surface area (Å²) in [6, 6.07) is 16.1. The van der Waals surface area contributed by atoms with Crippen LogP contribution in [0.15, 0.2) is 77.6 Å². The molecular formula is C27H18F6N2O3. The fourth-order valence-electron chi connectivity index (χ4n) is 3.95. The van der Waals surface area contributed by atoms with E-state index in [2.05, 4.69) is 16.8 Å². The molecule has 5 nitrogen and oxygen atoms in total. The predicted octanol–water partition coefficient (Wildman–Crippen LogP) is 4.63. The first-order valence-electron chi connectivity index (χ1n) is 11.0. The molecule has 3 aromatic carbocycles. The van der Waals surface area contributed by atoms with Crippen LogP contribution in [0.5, 0.6) is 0 Å². The van der Waals surface area contributed by atoms with Gasteiger partial charge in [0.2, 0.25) is 0 Å². The van der Waals surface area contributed by atoms with Gasteiger partial charge < -0.3 is 10.2 Å². The van der Waals surface area contributed by atoms with Crippen LogP contribution in [0.3, 0.4) is 0 Å². The highest BCUT2D eigenvalue weighted by Crippen LogP contribution is 2.50. The zero-order valence-electron chi connectivity index (χ0n) is 19.3. The third-order valence-corrected chi connectivity index (χ3v) is 5.82. The van der Waals surface area contributed by atoms with Crippen LogP contribution in [-0.2, 0) is 12.0 Å². The summed E-state index contributed by atoms with van der Waals surface area (Å²) >= 11 is 0. The maximum Gasteiger partial charge on any atom is 0.430 e. The molecule has 196 valence electrons. The van der Waals surface area contributed by atoms with Crippen molar-refractivity contribution in [2.45, 2.75) is 24.4 Å². The van der Waals surface area contributed by atoms with Crippen LogP contribution in [0.25, 0.3) is 16.6 Å². The molecule has 0 bridgehead atoms. The maximum atomic E-state index is 13.6. The number of aliphatic hydroxyl groups is 2. The minimum atomic E-state index is -6.04. The molecule has 0 atom stereocenters. The van der Waals surface area contributed by atoms with Gasteiger partial charge in [0.15, 0.2) is 0 Å². The minimum Gasteiger partial charge on any atom is -0.384 e. The van der Waals surface area contributed by atoms with Gasteiger partial charge in [0.05, 0.1) is 16.6 Å². The van der Waals surface area contributed by atoms with Crippen LogP contribution in [0.2, 0.25) is 0 Å². The second-order valence-electron chi connectivity index (χ2n) is 8.28. The largest absolute Gasteiger partial charge is 0.430 e. The van der Waals surface area contributed by atoms with Gasteiger partial charge in [-0.25, -0.2) is 4.98 Å². The molecule has 4 aromatic rings. The van der Waals surface area contributed by atoms with Crippen LogP contribution < -0.4 is 5.56 Å². The molecule has 0 saturated carbocycles. The lowest BCUT2D eigenvalue weighted by molar-refractivity contribution is -0.376. The molecule has 0 aliphatic heterocycles. The SMILES string of the molecule is O=c1c2cc(C#CCO)ccc2nc(Cc2ccccc2)n1-c1ccc(C(O)(C(F)(F)F)C(F)(F)F)cc1. The minimum absolute atomic E-state index is 0.0578. The molecule has 0 saturated heterocycles. The lowest BCUT2D eigenvalue weighted by atomic mass is 9.92. The van der Waals surface area contributed by atoms with E-state index in [1.807, 2.05) is 0 Å². The number of halogens is 6. The lowest BCUT2D eigenvalue weighted by Crippen LogP contribution is -2.53. The third-order valence-electron chi connectivity index (χ3n) is 5.82. The van der Waals surface area contributed by atoms with E-state index in [1.54, 1.807) is 42.5 Å². The third kappa shape index (κ3) is 4.88. The maximum absolute atomic E-state index is 13.6. The number of aliphatic hydroxyl groups excluding tert-OH is 1. The van der Waals surface area contributed by atoms with Crippen molar-refractivity contribution in [3.8, 4) is 17.5 Å². The van der Waals surface area contributed by atoms with Gasteiger partial charge in [-0.1, -0.05) is 54.3 Å². The predicted molar refractivity (Wildman–Crippen MR) is 127 cm³/mol. The van der Waals surface area contributed by atoms with Crippen molar-refractivity contribution in [1.82, 2.24) is 9.55 Å². The van der Waals surface area contributed by atoms with Crippen LogP contribution >= 0.6 is 0 Å². The number of nitrogens with zero attached hydrogens (tertiary/aromatic N) is 2. The van der Waals surface area contributed by atoms with E-state index in [4.69, 9.17) is 5.11 Å². The van der Waals surface area contributed by atoms with Crippen LogP contribution in [-0.4, -0.2) is 38.7 Å². The van der Waals surface area contributed by atoms with Gasteiger partial charge in [-0.2, -0.15) is 26.3 Å². The van der Waals surface area contributed by atoms with Crippen LogP contribution in [0, 0.1) is 11.8 Å². The molecule has 0 amide bonds. The Balaban J connectivity index is 1.92. The molecule has 2 N–H and O–H groups in total. The second kappa shape index (κ2) is 9.96. The number of fused-ring (bicyclic) bond motifs is 1. The standard InChI is InChI=1S/C27H18F6N2O3/c28-26(29,30)25(38,27(31,32)33)19-9-11-20(12-10-19)35-23(16-17-5-2-1-3-6-17)34-22-13-8-18(7-4-14-36)15-21(22)24(35)37/h1-3,5-6,8-13,15,36,38H,14,16H2. The second-order valence-corrected chi connectivity index (χ2v) is 8.28. The molecule has 0 aliphatic carbocycles. The van der Waals surface area contributed by atoms with Gasteiger partial charge in [0, 0.05) is 17.5 Å². The van der Waals surface area contributed by atoms with Crippen molar-refractivity contribution in [2.24, 2.45) is 0 Å². The van der Waals surface area contributed by atoms with Gasteiger partial charge in [-0.3, -0.25) is 9.36 Å². The number of aromatic nitrogens is 2. The topological polar surface area (TPSA) is 75.3 Å². The molecular weight excluding hydrogens is 514 g/mol. The number of rotatable bonds is 4. The first-order valence-corrected chi connectivity index (χ1v) is 11.0. The fourth-order valence-corrected chi connectivity index (χ4v) is 3.95. The highest BCUT2D eigenvalue weighted by molar-refractivity contribution is 5.80. The monoisotopic (exact) mass is 532 g/mol. The molecule has 0 unspecified atom stereocenters. The van der Waals surface area contributed by atoms with Crippen molar-refractivity contribution >= 4 is 10.9 Å². The van der Waals surface area contributed by atoms with Gasteiger partial charge in [0.1, 0.15) is 12.4 Å². The number of hydrogen-bond donors (Lipinski definition) is 2. The van der Waals surface area contributed by atoms with E-state index < -0.39 is 35.7 Å². The van der Waals surface area contributed by atoms with Crippen molar-refractivity contribution in [2.75, 3.05) is 6.61 Å². The first kappa shape index (κ1) is 26.9. The Morgan fingerprint density at radius 3 is 2.08 bits per heavy atom. The summed E-state index contributed by atoms with van der Waals surface area (Å²) in [7, 11) is 0. The van der Waals surface area contributed by atoms with E-state index in [9.17, 15) is 36.2 Å². The highest BCUT2D eigenvalue weighted by Gasteiger charge is 2.71. The summed E-state index contributed by atoms with van der Waals surface area (Å²) in [6.07, 6.45) is -12.0. The van der Waals surface area contributed by atoms with Crippen molar-refractivity contribution in [3.63, 3.8) is 0 Å². The van der Waals surface area contributed by atoms with E-state index in [0.29, 0.717) is 23.2 Å². The summed E-state index contributed by atoms with van der Waals surface area (Å²) in [6.45, 7) is -0.412. The molecule has 1 heterocycles. The normalized spacial score (nSPS) is 12.3. The molecule has 38 heavy (non-hydrogen) atoms. The average Bonchev–Trinajstić information content (AvgIpc) is 2.87. The van der Waals surface area contributed by atoms with Crippen LogP contribution in [0.1, 0.15) is 22.5 Å². The van der Waals surface area contributed by atoms with Crippen molar-refractivity contribution in [1.29, 1.82) is 0 Å². The molecule has 0 fully saturated rings. The summed E-state index contributed by atoms with van der Waals surface area (Å²) < 4.78 is 81.0. The van der Waals surface area contributed by atoms with Gasteiger partial charge in [-0.05, 0) is 35.9 Å². The fraction of sp³-hybridized carbons (Fsp3) is 0.185. The Morgan fingerprint density at radius 1 is 0.868 bits per heavy atom. The summed E-state index contributed by atoms with van der Waals surface area (Å²) in [5.74, 6) is 5.29. The Hall–Kier alpha value is -4.14. The average molecular weight is 532 g/mol. The summed E-state index contributed by atoms with van der Waals surface area (Å²) in [5.41, 5.74) is -5.80. The lowest BCUT2D eigenvalue weighted by Gasteiger charge is -2.32. The molecule has 0 spiro atoms. The van der Waals surface area contributed by atoms with Gasteiger partial charge in [-0.15, -0.1) is 0 Å². The molecule has 0 radical (unpaired) electrons. The van der Waals surface area contributed by atoms with Crippen molar-refractivity contribution < 1.29 is 36.6 Å². The zero-order valence-corrected chi connectivity index (χ0v) is 19.3. The highest BCUT2D eigenvalue weighted by atomic mass is 19.4. The smallest absolute Gasteiger partial charge is 0.384 e. The van der Waals surface area contributed by atoms with Crippen LogP contribution in [0.4, 0.5) is 26.3 Å². The molecule has 4 rings (SSSR count). The Morgan fingerprint density at radius 2 is 1.50 bits per heavy atom. The number of benzene rings is 3. The summed E-state index contributed by atoms with van der Waals surface area (Å²) in [5, 5.41) is 18.7. The van der Waals surface area contributed by atoms with E-state index in [-0.39, 0.29) is 23.3 Å². The number of hydrogen-bond acceptors (Lipinski definition) is 4. The van der Waals surface area contributed by atoms with E-state index in [0.717, 1.165) is 22.3 Å². The van der Waals surface area contributed by atoms with Gasteiger partial charge >= 0.3 is 12.4 Å². The Bertz CT molecular complexity index is 1570. The van der Waals surface area contributed by atoms with E-state index in [1.165, 1.54) is 6.07 Å². The molecule has 1 aromatic heterocycles. The first-order chi connectivity index (χ1) is 17.9. The number of alkyl halides is 6. The quantitative estimate of drug-likeness (QED) is 0.297. The van der Waals surface area contributed by atoms with Gasteiger partial charge in [0.25, 0.3) is 11.2 Å².